The lowest BCUT2D eigenvalue weighted by atomic mass is 9.65. The Morgan fingerprint density at radius 2 is 1.91 bits per heavy atom. The van der Waals surface area contributed by atoms with Gasteiger partial charge in [-0.15, -0.1) is 0 Å². The van der Waals surface area contributed by atoms with Crippen molar-refractivity contribution in [3.05, 3.63) is 36.3 Å². The smallest absolute Gasteiger partial charge is 0.307 e. The summed E-state index contributed by atoms with van der Waals surface area (Å²) in [5.41, 5.74) is 2.36. The van der Waals surface area contributed by atoms with E-state index in [1.807, 2.05) is 0 Å². The second kappa shape index (κ2) is 8.70. The van der Waals surface area contributed by atoms with Gasteiger partial charge < -0.3 is 9.47 Å². The third-order valence-corrected chi connectivity index (χ3v) is 4.37. The van der Waals surface area contributed by atoms with Gasteiger partial charge in [0.2, 0.25) is 0 Å². The van der Waals surface area contributed by atoms with E-state index in [-0.39, 0.29) is 17.4 Å². The Balaban J connectivity index is 2.74. The molecule has 1 atom stereocenters. The van der Waals surface area contributed by atoms with Crippen molar-refractivity contribution in [1.29, 1.82) is 0 Å². The molecule has 0 bridgehead atoms. The molecule has 1 fully saturated rings. The number of carbonyl (C=O) groups is 2. The maximum atomic E-state index is 11.0. The molecule has 1 aliphatic rings. The highest BCUT2D eigenvalue weighted by Gasteiger charge is 2.33. The fourth-order valence-corrected chi connectivity index (χ4v) is 3.14. The molecule has 0 amide bonds. The van der Waals surface area contributed by atoms with Crippen molar-refractivity contribution >= 4 is 11.9 Å². The lowest BCUT2D eigenvalue weighted by Gasteiger charge is -2.40. The summed E-state index contributed by atoms with van der Waals surface area (Å²) in [5, 5.41) is 0. The molecule has 1 aliphatic carbocycles. The SMILES string of the molecule is C=C1CCCC(C)(C)[C@@H]1CCC(/C=C/OC(C)=O)=C\OC(C)=O. The Hall–Kier alpha value is -1.84. The number of carbonyl (C=O) groups excluding carboxylic acids is 2. The standard InChI is InChI=1S/C19H28O4/c1-14-7-6-11-19(4,5)18(14)9-8-17(13-23-16(3)21)10-12-22-15(2)20/h10,12-13,18H,1,6-9,11H2,2-5H3/b12-10+,17-13+/t18-/m1/s1. The van der Waals surface area contributed by atoms with Crippen molar-refractivity contribution in [2.24, 2.45) is 11.3 Å². The first-order chi connectivity index (χ1) is 10.7. The summed E-state index contributed by atoms with van der Waals surface area (Å²) in [4.78, 5) is 21.8. The van der Waals surface area contributed by atoms with Gasteiger partial charge in [-0.2, -0.15) is 0 Å². The number of allylic oxidation sites excluding steroid dienone is 3. The average molecular weight is 320 g/mol. The molecule has 1 saturated carbocycles. The van der Waals surface area contributed by atoms with E-state index in [0.29, 0.717) is 5.92 Å². The summed E-state index contributed by atoms with van der Waals surface area (Å²) in [6.45, 7) is 11.5. The van der Waals surface area contributed by atoms with Gasteiger partial charge in [-0.3, -0.25) is 9.59 Å². The van der Waals surface area contributed by atoms with Crippen molar-refractivity contribution in [2.45, 2.75) is 59.8 Å². The van der Waals surface area contributed by atoms with Crippen molar-refractivity contribution in [3.63, 3.8) is 0 Å². The third kappa shape index (κ3) is 6.85. The summed E-state index contributed by atoms with van der Waals surface area (Å²) >= 11 is 0. The van der Waals surface area contributed by atoms with E-state index in [0.717, 1.165) is 24.8 Å². The Morgan fingerprint density at radius 3 is 2.48 bits per heavy atom. The number of hydrogen-bond acceptors (Lipinski definition) is 4. The van der Waals surface area contributed by atoms with Gasteiger partial charge in [0, 0.05) is 13.8 Å². The minimum absolute atomic E-state index is 0.238. The average Bonchev–Trinajstić information content (AvgIpc) is 2.42. The summed E-state index contributed by atoms with van der Waals surface area (Å²) in [6.07, 6.45) is 9.58. The van der Waals surface area contributed by atoms with Gasteiger partial charge in [0.05, 0.1) is 12.5 Å². The lowest BCUT2D eigenvalue weighted by molar-refractivity contribution is -0.136. The third-order valence-electron chi connectivity index (χ3n) is 4.37. The Bertz CT molecular complexity index is 511. The first-order valence-corrected chi connectivity index (χ1v) is 8.10. The second-order valence-electron chi connectivity index (χ2n) is 6.81. The van der Waals surface area contributed by atoms with Crippen LogP contribution in [-0.2, 0) is 19.1 Å². The molecule has 0 heterocycles. The molecular formula is C19H28O4. The predicted molar refractivity (Wildman–Crippen MR) is 90.3 cm³/mol. The molecule has 0 spiro atoms. The molecule has 0 aliphatic heterocycles. The predicted octanol–water partition coefficient (Wildman–Crippen LogP) is 4.67. The van der Waals surface area contributed by atoms with Crippen molar-refractivity contribution in [3.8, 4) is 0 Å². The van der Waals surface area contributed by atoms with Crippen molar-refractivity contribution < 1.29 is 19.1 Å². The first kappa shape index (κ1) is 19.2. The molecule has 0 aromatic carbocycles. The van der Waals surface area contributed by atoms with Crippen LogP contribution < -0.4 is 0 Å². The topological polar surface area (TPSA) is 52.6 Å². The molecule has 0 radical (unpaired) electrons. The monoisotopic (exact) mass is 320 g/mol. The van der Waals surface area contributed by atoms with Gasteiger partial charge in [0.25, 0.3) is 0 Å². The zero-order chi connectivity index (χ0) is 17.5. The largest absolute Gasteiger partial charge is 0.435 e. The van der Waals surface area contributed by atoms with Crippen molar-refractivity contribution in [2.75, 3.05) is 0 Å². The lowest BCUT2D eigenvalue weighted by Crippen LogP contribution is -2.29. The number of esters is 2. The molecule has 0 unspecified atom stereocenters. The zero-order valence-electron chi connectivity index (χ0n) is 14.7. The summed E-state index contributed by atoms with van der Waals surface area (Å²) < 4.78 is 9.78. The maximum absolute atomic E-state index is 11.0. The van der Waals surface area contributed by atoms with E-state index in [4.69, 9.17) is 9.47 Å². The van der Waals surface area contributed by atoms with Crippen LogP contribution in [0.3, 0.4) is 0 Å². The molecule has 0 aromatic heterocycles. The van der Waals surface area contributed by atoms with Crippen LogP contribution in [-0.4, -0.2) is 11.9 Å². The van der Waals surface area contributed by atoms with Gasteiger partial charge >= 0.3 is 11.9 Å². The van der Waals surface area contributed by atoms with Crippen molar-refractivity contribution in [1.82, 2.24) is 0 Å². The minimum Gasteiger partial charge on any atom is -0.435 e. The summed E-state index contributed by atoms with van der Waals surface area (Å²) in [5.74, 6) is -0.306. The molecule has 0 saturated heterocycles. The molecular weight excluding hydrogens is 292 g/mol. The van der Waals surface area contributed by atoms with E-state index in [2.05, 4.69) is 20.4 Å². The minimum atomic E-state index is -0.380. The van der Waals surface area contributed by atoms with Crippen LogP contribution in [0.1, 0.15) is 59.8 Å². The van der Waals surface area contributed by atoms with E-state index in [1.165, 1.54) is 44.8 Å². The highest BCUT2D eigenvalue weighted by molar-refractivity contribution is 5.67. The van der Waals surface area contributed by atoms with Crippen LogP contribution in [0.5, 0.6) is 0 Å². The molecule has 4 heteroatoms. The molecule has 1 rings (SSSR count). The second-order valence-corrected chi connectivity index (χ2v) is 6.81. The molecule has 128 valence electrons. The van der Waals surface area contributed by atoms with Gasteiger partial charge in [0.15, 0.2) is 0 Å². The Kier molecular flexibility index (Phi) is 7.27. The van der Waals surface area contributed by atoms with E-state index < -0.39 is 0 Å². The first-order valence-electron chi connectivity index (χ1n) is 8.10. The fourth-order valence-electron chi connectivity index (χ4n) is 3.14. The van der Waals surface area contributed by atoms with Crippen LogP contribution in [0.2, 0.25) is 0 Å². The van der Waals surface area contributed by atoms with Crippen LogP contribution in [0.4, 0.5) is 0 Å². The molecule has 4 nitrogen and oxygen atoms in total. The molecule has 23 heavy (non-hydrogen) atoms. The van der Waals surface area contributed by atoms with Gasteiger partial charge in [0.1, 0.15) is 0 Å². The van der Waals surface area contributed by atoms with Gasteiger partial charge in [-0.1, -0.05) is 26.0 Å². The number of ether oxygens (including phenoxy) is 2. The Morgan fingerprint density at radius 1 is 1.26 bits per heavy atom. The fraction of sp³-hybridized carbons (Fsp3) is 0.579. The highest BCUT2D eigenvalue weighted by Crippen LogP contribution is 2.45. The van der Waals surface area contributed by atoms with E-state index in [1.54, 1.807) is 6.08 Å². The van der Waals surface area contributed by atoms with E-state index >= 15 is 0 Å². The van der Waals surface area contributed by atoms with Crippen LogP contribution in [0, 0.1) is 11.3 Å². The van der Waals surface area contributed by atoms with E-state index in [9.17, 15) is 9.59 Å². The quantitative estimate of drug-likeness (QED) is 0.309. The molecule has 0 aromatic rings. The van der Waals surface area contributed by atoms with Gasteiger partial charge in [-0.05, 0) is 55.1 Å². The van der Waals surface area contributed by atoms with Crippen LogP contribution in [0.25, 0.3) is 0 Å². The molecule has 0 N–H and O–H groups in total. The summed E-state index contributed by atoms with van der Waals surface area (Å²) in [7, 11) is 0. The van der Waals surface area contributed by atoms with Crippen LogP contribution in [0.15, 0.2) is 36.3 Å². The highest BCUT2D eigenvalue weighted by atomic mass is 16.5. The van der Waals surface area contributed by atoms with Crippen LogP contribution >= 0.6 is 0 Å². The van der Waals surface area contributed by atoms with Gasteiger partial charge in [-0.25, -0.2) is 0 Å². The Labute approximate surface area is 139 Å². The summed E-state index contributed by atoms with van der Waals surface area (Å²) in [6, 6.07) is 0. The maximum Gasteiger partial charge on any atom is 0.307 e. The number of rotatable bonds is 6. The normalized spacial score (nSPS) is 21.3. The number of hydrogen-bond donors (Lipinski definition) is 0. The zero-order valence-corrected chi connectivity index (χ0v) is 14.7.